The summed E-state index contributed by atoms with van der Waals surface area (Å²) in [7, 11) is 0. The van der Waals surface area contributed by atoms with Crippen molar-refractivity contribution in [1.29, 1.82) is 0 Å². The van der Waals surface area contributed by atoms with Gasteiger partial charge in [0.2, 0.25) is 11.7 Å². The van der Waals surface area contributed by atoms with Gasteiger partial charge in [0, 0.05) is 24.5 Å². The molecule has 0 radical (unpaired) electrons. The zero-order chi connectivity index (χ0) is 12.5. The van der Waals surface area contributed by atoms with Crippen molar-refractivity contribution < 1.29 is 4.52 Å². The van der Waals surface area contributed by atoms with E-state index in [0.29, 0.717) is 17.7 Å². The van der Waals surface area contributed by atoms with Gasteiger partial charge in [-0.2, -0.15) is 4.98 Å². The highest BCUT2D eigenvalue weighted by Gasteiger charge is 2.29. The molecule has 2 aromatic rings. The van der Waals surface area contributed by atoms with Gasteiger partial charge < -0.3 is 9.84 Å². The monoisotopic (exact) mass is 244 g/mol. The maximum Gasteiger partial charge on any atom is 0.231 e. The summed E-state index contributed by atoms with van der Waals surface area (Å²) in [5, 5.41) is 7.41. The standard InChI is InChI=1S/C13H16N4O/c1-8-3-4-14-6-10(8)12-16-13(18-17-12)11-7-15-5-9(11)2/h3-4,6,9,11,15H,5,7H2,1-2H3. The van der Waals surface area contributed by atoms with Crippen LogP contribution in [0.15, 0.2) is 23.0 Å². The molecule has 2 atom stereocenters. The van der Waals surface area contributed by atoms with Crippen LogP contribution >= 0.6 is 0 Å². The lowest BCUT2D eigenvalue weighted by Crippen LogP contribution is -2.08. The number of aromatic nitrogens is 3. The first-order chi connectivity index (χ1) is 8.75. The van der Waals surface area contributed by atoms with Gasteiger partial charge in [-0.25, -0.2) is 0 Å². The molecule has 3 heterocycles. The number of rotatable bonds is 2. The predicted molar refractivity (Wildman–Crippen MR) is 67.0 cm³/mol. The van der Waals surface area contributed by atoms with Gasteiger partial charge in [0.15, 0.2) is 0 Å². The summed E-state index contributed by atoms with van der Waals surface area (Å²) in [5.41, 5.74) is 2.04. The minimum absolute atomic E-state index is 0.322. The summed E-state index contributed by atoms with van der Waals surface area (Å²) in [6, 6.07) is 1.95. The second-order valence-corrected chi connectivity index (χ2v) is 4.89. The van der Waals surface area contributed by atoms with E-state index in [-0.39, 0.29) is 0 Å². The Kier molecular flexibility index (Phi) is 2.83. The molecule has 1 aliphatic heterocycles. The Hall–Kier alpha value is -1.75. The maximum atomic E-state index is 5.40. The fourth-order valence-corrected chi connectivity index (χ4v) is 2.33. The van der Waals surface area contributed by atoms with Crippen molar-refractivity contribution in [2.75, 3.05) is 13.1 Å². The first-order valence-corrected chi connectivity index (χ1v) is 6.21. The van der Waals surface area contributed by atoms with Crippen molar-refractivity contribution >= 4 is 0 Å². The first kappa shape index (κ1) is 11.3. The predicted octanol–water partition coefficient (Wildman–Crippen LogP) is 1.76. The van der Waals surface area contributed by atoms with Gasteiger partial charge in [0.1, 0.15) is 0 Å². The van der Waals surface area contributed by atoms with Gasteiger partial charge in [0.25, 0.3) is 0 Å². The second kappa shape index (κ2) is 4.49. The topological polar surface area (TPSA) is 63.8 Å². The van der Waals surface area contributed by atoms with E-state index in [1.807, 2.05) is 13.0 Å². The van der Waals surface area contributed by atoms with E-state index in [1.54, 1.807) is 12.4 Å². The molecule has 0 bridgehead atoms. The summed E-state index contributed by atoms with van der Waals surface area (Å²) in [6.07, 6.45) is 3.54. The maximum absolute atomic E-state index is 5.40. The number of nitrogens with zero attached hydrogens (tertiary/aromatic N) is 3. The molecular formula is C13H16N4O. The normalized spacial score (nSPS) is 23.4. The van der Waals surface area contributed by atoms with E-state index in [0.717, 1.165) is 30.1 Å². The molecule has 2 unspecified atom stereocenters. The van der Waals surface area contributed by atoms with E-state index in [9.17, 15) is 0 Å². The zero-order valence-electron chi connectivity index (χ0n) is 10.6. The van der Waals surface area contributed by atoms with Crippen LogP contribution in [0.5, 0.6) is 0 Å². The average Bonchev–Trinajstić information content (AvgIpc) is 2.98. The van der Waals surface area contributed by atoms with E-state index >= 15 is 0 Å². The smallest absolute Gasteiger partial charge is 0.231 e. The van der Waals surface area contributed by atoms with Crippen molar-refractivity contribution in [3.05, 3.63) is 29.9 Å². The van der Waals surface area contributed by atoms with Crippen LogP contribution in [-0.2, 0) is 0 Å². The van der Waals surface area contributed by atoms with Crippen LogP contribution in [0.25, 0.3) is 11.4 Å². The number of aryl methyl sites for hydroxylation is 1. The number of hydrogen-bond acceptors (Lipinski definition) is 5. The van der Waals surface area contributed by atoms with Gasteiger partial charge in [-0.3, -0.25) is 4.98 Å². The lowest BCUT2D eigenvalue weighted by atomic mass is 9.98. The fourth-order valence-electron chi connectivity index (χ4n) is 2.33. The summed E-state index contributed by atoms with van der Waals surface area (Å²) in [5.74, 6) is 2.22. The lowest BCUT2D eigenvalue weighted by molar-refractivity contribution is 0.340. The molecule has 1 fully saturated rings. The first-order valence-electron chi connectivity index (χ1n) is 6.21. The number of pyridine rings is 1. The summed E-state index contributed by atoms with van der Waals surface area (Å²) in [4.78, 5) is 8.63. The molecule has 0 amide bonds. The average molecular weight is 244 g/mol. The molecule has 0 saturated carbocycles. The van der Waals surface area contributed by atoms with Crippen LogP contribution in [0.4, 0.5) is 0 Å². The van der Waals surface area contributed by atoms with Crippen LogP contribution in [0.3, 0.4) is 0 Å². The lowest BCUT2D eigenvalue weighted by Gasteiger charge is -2.07. The molecule has 3 rings (SSSR count). The molecule has 0 aliphatic carbocycles. The van der Waals surface area contributed by atoms with Crippen molar-refractivity contribution in [2.45, 2.75) is 19.8 Å². The minimum atomic E-state index is 0.322. The Morgan fingerprint density at radius 3 is 3.00 bits per heavy atom. The Bertz CT molecular complexity index is 551. The zero-order valence-corrected chi connectivity index (χ0v) is 10.6. The third kappa shape index (κ3) is 1.90. The Balaban J connectivity index is 1.92. The largest absolute Gasteiger partial charge is 0.339 e. The highest BCUT2D eigenvalue weighted by molar-refractivity contribution is 5.57. The molecule has 94 valence electrons. The fraction of sp³-hybridized carbons (Fsp3) is 0.462. The second-order valence-electron chi connectivity index (χ2n) is 4.89. The quantitative estimate of drug-likeness (QED) is 0.872. The van der Waals surface area contributed by atoms with Gasteiger partial charge in [-0.1, -0.05) is 12.1 Å². The van der Waals surface area contributed by atoms with Crippen LogP contribution in [-0.4, -0.2) is 28.2 Å². The van der Waals surface area contributed by atoms with Crippen molar-refractivity contribution in [3.8, 4) is 11.4 Å². The Labute approximate surface area is 106 Å². The Morgan fingerprint density at radius 1 is 1.39 bits per heavy atom. The van der Waals surface area contributed by atoms with E-state index in [1.165, 1.54) is 0 Å². The third-order valence-electron chi connectivity index (χ3n) is 3.56. The molecule has 2 aromatic heterocycles. The van der Waals surface area contributed by atoms with Crippen molar-refractivity contribution in [2.24, 2.45) is 5.92 Å². The van der Waals surface area contributed by atoms with Crippen LogP contribution < -0.4 is 5.32 Å². The van der Waals surface area contributed by atoms with Crippen LogP contribution in [0.2, 0.25) is 0 Å². The van der Waals surface area contributed by atoms with Crippen LogP contribution in [0, 0.1) is 12.8 Å². The molecule has 1 aliphatic rings. The van der Waals surface area contributed by atoms with E-state index in [2.05, 4.69) is 27.4 Å². The summed E-state index contributed by atoms with van der Waals surface area (Å²) >= 11 is 0. The Morgan fingerprint density at radius 2 is 2.28 bits per heavy atom. The van der Waals surface area contributed by atoms with Crippen molar-refractivity contribution in [3.63, 3.8) is 0 Å². The molecular weight excluding hydrogens is 228 g/mol. The summed E-state index contributed by atoms with van der Waals surface area (Å²) < 4.78 is 5.40. The minimum Gasteiger partial charge on any atom is -0.339 e. The number of nitrogens with one attached hydrogen (secondary N) is 1. The highest BCUT2D eigenvalue weighted by atomic mass is 16.5. The molecule has 1 saturated heterocycles. The summed E-state index contributed by atoms with van der Waals surface area (Å²) in [6.45, 7) is 6.14. The van der Waals surface area contributed by atoms with E-state index < -0.39 is 0 Å². The molecule has 0 aromatic carbocycles. The van der Waals surface area contributed by atoms with Crippen molar-refractivity contribution in [1.82, 2.24) is 20.4 Å². The molecule has 0 spiro atoms. The molecule has 5 nitrogen and oxygen atoms in total. The molecule has 1 N–H and O–H groups in total. The van der Waals surface area contributed by atoms with Gasteiger partial charge in [0.05, 0.1) is 5.92 Å². The molecule has 18 heavy (non-hydrogen) atoms. The van der Waals surface area contributed by atoms with Crippen LogP contribution in [0.1, 0.15) is 24.3 Å². The van der Waals surface area contributed by atoms with Gasteiger partial charge in [-0.05, 0) is 31.0 Å². The van der Waals surface area contributed by atoms with Gasteiger partial charge in [-0.15, -0.1) is 0 Å². The molecule has 5 heteroatoms. The number of hydrogen-bond donors (Lipinski definition) is 1. The SMILES string of the molecule is Cc1ccncc1-c1noc(C2CNCC2C)n1. The van der Waals surface area contributed by atoms with E-state index in [4.69, 9.17) is 4.52 Å². The highest BCUT2D eigenvalue weighted by Crippen LogP contribution is 2.28. The van der Waals surface area contributed by atoms with Gasteiger partial charge >= 0.3 is 0 Å². The third-order valence-corrected chi connectivity index (χ3v) is 3.56.